The lowest BCUT2D eigenvalue weighted by Gasteiger charge is -2.34. The van der Waals surface area contributed by atoms with E-state index in [1.807, 2.05) is 6.07 Å². The molecule has 5 nitrogen and oxygen atoms in total. The second kappa shape index (κ2) is 5.55. The van der Waals surface area contributed by atoms with Crippen LogP contribution in [-0.2, 0) is 0 Å². The van der Waals surface area contributed by atoms with Gasteiger partial charge in [-0.3, -0.25) is 4.79 Å². The Balaban J connectivity index is 1.92. The molecule has 0 bridgehead atoms. The summed E-state index contributed by atoms with van der Waals surface area (Å²) in [6, 6.07) is 3.98. The van der Waals surface area contributed by atoms with Crippen molar-refractivity contribution in [2.45, 2.75) is 45.6 Å². The maximum Gasteiger partial charge on any atom is 0.271 e. The molecular weight excluding hydrogens is 240 g/mol. The van der Waals surface area contributed by atoms with Gasteiger partial charge in [-0.05, 0) is 43.2 Å². The zero-order chi connectivity index (χ0) is 13.9. The van der Waals surface area contributed by atoms with Crippen molar-refractivity contribution in [3.05, 3.63) is 17.8 Å². The molecule has 0 radical (unpaired) electrons. The molecule has 2 rings (SSSR count). The van der Waals surface area contributed by atoms with E-state index < -0.39 is 0 Å². The van der Waals surface area contributed by atoms with Crippen molar-refractivity contribution in [2.75, 3.05) is 12.4 Å². The smallest absolute Gasteiger partial charge is 0.271 e. The van der Waals surface area contributed by atoms with E-state index in [1.54, 1.807) is 13.1 Å². The highest BCUT2D eigenvalue weighted by Crippen LogP contribution is 2.35. The Kier molecular flexibility index (Phi) is 4.02. The van der Waals surface area contributed by atoms with Crippen molar-refractivity contribution in [3.63, 3.8) is 0 Å². The van der Waals surface area contributed by atoms with E-state index in [2.05, 4.69) is 34.7 Å². The third-order valence-corrected chi connectivity index (χ3v) is 3.82. The van der Waals surface area contributed by atoms with E-state index in [1.165, 1.54) is 12.8 Å². The first kappa shape index (κ1) is 13.8. The molecule has 0 aromatic carbocycles. The number of hydrogen-bond acceptors (Lipinski definition) is 4. The molecule has 0 saturated heterocycles. The van der Waals surface area contributed by atoms with Gasteiger partial charge < -0.3 is 10.6 Å². The number of carbonyl (C=O) groups excluding carboxylic acids is 1. The average molecular weight is 262 g/mol. The lowest BCUT2D eigenvalue weighted by Crippen LogP contribution is -2.30. The van der Waals surface area contributed by atoms with Crippen molar-refractivity contribution in [1.82, 2.24) is 15.5 Å². The van der Waals surface area contributed by atoms with Crippen molar-refractivity contribution in [3.8, 4) is 0 Å². The third-order valence-electron chi connectivity index (χ3n) is 3.82. The summed E-state index contributed by atoms with van der Waals surface area (Å²) in [5, 5.41) is 13.9. The van der Waals surface area contributed by atoms with Crippen molar-refractivity contribution < 1.29 is 4.79 Å². The van der Waals surface area contributed by atoms with Gasteiger partial charge in [0.2, 0.25) is 0 Å². The molecule has 2 N–H and O–H groups in total. The van der Waals surface area contributed by atoms with Crippen LogP contribution >= 0.6 is 0 Å². The molecule has 5 heteroatoms. The molecule has 0 atom stereocenters. The summed E-state index contributed by atoms with van der Waals surface area (Å²) in [4.78, 5) is 11.4. The van der Waals surface area contributed by atoms with Gasteiger partial charge in [-0.25, -0.2) is 0 Å². The summed E-state index contributed by atoms with van der Waals surface area (Å²) in [7, 11) is 1.58. The molecule has 1 heterocycles. The molecule has 1 aliphatic carbocycles. The molecule has 1 aromatic rings. The standard InChI is InChI=1S/C14H22N4O/c1-14(2)8-6-10(7-9-14)16-12-5-4-11(17-18-12)13(19)15-3/h4-5,10H,6-9H2,1-3H3,(H,15,19)(H,16,18). The van der Waals surface area contributed by atoms with Gasteiger partial charge in [-0.2, -0.15) is 0 Å². The van der Waals surface area contributed by atoms with Crippen molar-refractivity contribution >= 4 is 11.7 Å². The molecule has 0 spiro atoms. The van der Waals surface area contributed by atoms with Crippen LogP contribution in [0.4, 0.5) is 5.82 Å². The molecule has 0 aliphatic heterocycles. The lowest BCUT2D eigenvalue weighted by atomic mass is 9.75. The molecular formula is C14H22N4O. The Hall–Kier alpha value is -1.65. The predicted octanol–water partition coefficient (Wildman–Crippen LogP) is 2.22. The first-order valence-corrected chi connectivity index (χ1v) is 6.82. The van der Waals surface area contributed by atoms with E-state index >= 15 is 0 Å². The van der Waals surface area contributed by atoms with Gasteiger partial charge >= 0.3 is 0 Å². The Morgan fingerprint density at radius 3 is 2.47 bits per heavy atom. The second-order valence-corrected chi connectivity index (χ2v) is 5.97. The first-order valence-electron chi connectivity index (χ1n) is 6.82. The maximum atomic E-state index is 11.4. The van der Waals surface area contributed by atoms with E-state index in [-0.39, 0.29) is 5.91 Å². The van der Waals surface area contributed by atoms with E-state index in [4.69, 9.17) is 0 Å². The minimum atomic E-state index is -0.210. The Morgan fingerprint density at radius 1 is 1.26 bits per heavy atom. The van der Waals surface area contributed by atoms with E-state index in [9.17, 15) is 4.79 Å². The number of carbonyl (C=O) groups is 1. The second-order valence-electron chi connectivity index (χ2n) is 5.97. The summed E-state index contributed by atoms with van der Waals surface area (Å²) in [6.07, 6.45) is 4.78. The van der Waals surface area contributed by atoms with Crippen LogP contribution in [0.2, 0.25) is 0 Å². The Labute approximate surface area is 114 Å². The molecule has 1 fully saturated rings. The summed E-state index contributed by atoms with van der Waals surface area (Å²) < 4.78 is 0. The van der Waals surface area contributed by atoms with Crippen molar-refractivity contribution in [2.24, 2.45) is 5.41 Å². The van der Waals surface area contributed by atoms with Crippen LogP contribution in [0.1, 0.15) is 50.0 Å². The number of hydrogen-bond donors (Lipinski definition) is 2. The van der Waals surface area contributed by atoms with Gasteiger partial charge in [0.05, 0.1) is 0 Å². The highest BCUT2D eigenvalue weighted by Gasteiger charge is 2.26. The fourth-order valence-corrected chi connectivity index (χ4v) is 2.41. The van der Waals surface area contributed by atoms with Gasteiger partial charge in [0, 0.05) is 13.1 Å². The van der Waals surface area contributed by atoms with Gasteiger partial charge in [-0.15, -0.1) is 10.2 Å². The van der Waals surface area contributed by atoms with E-state index in [0.29, 0.717) is 17.2 Å². The summed E-state index contributed by atoms with van der Waals surface area (Å²) >= 11 is 0. The number of nitrogens with zero attached hydrogens (tertiary/aromatic N) is 2. The minimum absolute atomic E-state index is 0.210. The number of rotatable bonds is 3. The molecule has 1 saturated carbocycles. The van der Waals surface area contributed by atoms with Gasteiger partial charge in [0.15, 0.2) is 5.69 Å². The first-order chi connectivity index (χ1) is 9.00. The number of anilines is 1. The average Bonchev–Trinajstić information content (AvgIpc) is 2.41. The zero-order valence-corrected chi connectivity index (χ0v) is 11.9. The minimum Gasteiger partial charge on any atom is -0.366 e. The number of amides is 1. The van der Waals surface area contributed by atoms with Crippen LogP contribution in [-0.4, -0.2) is 29.2 Å². The fourth-order valence-electron chi connectivity index (χ4n) is 2.41. The van der Waals surface area contributed by atoms with Crippen LogP contribution in [0.5, 0.6) is 0 Å². The van der Waals surface area contributed by atoms with Gasteiger partial charge in [0.1, 0.15) is 5.82 Å². The van der Waals surface area contributed by atoms with E-state index in [0.717, 1.165) is 18.7 Å². The topological polar surface area (TPSA) is 66.9 Å². The Bertz CT molecular complexity index is 431. The largest absolute Gasteiger partial charge is 0.366 e. The van der Waals surface area contributed by atoms with Crippen molar-refractivity contribution in [1.29, 1.82) is 0 Å². The van der Waals surface area contributed by atoms with Gasteiger partial charge in [0.25, 0.3) is 5.91 Å². The number of aromatic nitrogens is 2. The predicted molar refractivity (Wildman–Crippen MR) is 75.1 cm³/mol. The zero-order valence-electron chi connectivity index (χ0n) is 11.9. The lowest BCUT2D eigenvalue weighted by molar-refractivity contribution is 0.0957. The Morgan fingerprint density at radius 2 is 1.95 bits per heavy atom. The van der Waals surface area contributed by atoms with Crippen LogP contribution < -0.4 is 10.6 Å². The molecule has 19 heavy (non-hydrogen) atoms. The monoisotopic (exact) mass is 262 g/mol. The van der Waals surface area contributed by atoms with Crippen LogP contribution in [0.3, 0.4) is 0 Å². The third kappa shape index (κ3) is 3.66. The highest BCUT2D eigenvalue weighted by atomic mass is 16.1. The van der Waals surface area contributed by atoms with Crippen LogP contribution in [0.15, 0.2) is 12.1 Å². The maximum absolute atomic E-state index is 11.4. The molecule has 1 aromatic heterocycles. The molecule has 0 unspecified atom stereocenters. The summed E-state index contributed by atoms with van der Waals surface area (Å²) in [5.41, 5.74) is 0.810. The fraction of sp³-hybridized carbons (Fsp3) is 0.643. The SMILES string of the molecule is CNC(=O)c1ccc(NC2CCC(C)(C)CC2)nn1. The van der Waals surface area contributed by atoms with Crippen LogP contribution in [0, 0.1) is 5.41 Å². The summed E-state index contributed by atoms with van der Waals surface area (Å²) in [6.45, 7) is 4.64. The molecule has 1 amide bonds. The van der Waals surface area contributed by atoms with Crippen LogP contribution in [0.25, 0.3) is 0 Å². The quantitative estimate of drug-likeness (QED) is 0.876. The number of nitrogens with one attached hydrogen (secondary N) is 2. The summed E-state index contributed by atoms with van der Waals surface area (Å²) in [5.74, 6) is 0.538. The molecule has 1 aliphatic rings. The van der Waals surface area contributed by atoms with Gasteiger partial charge in [-0.1, -0.05) is 13.8 Å². The molecule has 104 valence electrons. The normalized spacial score (nSPS) is 18.9. The highest BCUT2D eigenvalue weighted by molar-refractivity contribution is 5.91.